The van der Waals surface area contributed by atoms with Crippen molar-refractivity contribution >= 4 is 16.5 Å². The van der Waals surface area contributed by atoms with Gasteiger partial charge in [-0.1, -0.05) is 0 Å². The normalized spacial score (nSPS) is 13.0. The summed E-state index contributed by atoms with van der Waals surface area (Å²) >= 11 is 1.56. The van der Waals surface area contributed by atoms with Crippen LogP contribution in [0.4, 0.5) is 5.13 Å². The van der Waals surface area contributed by atoms with Crippen molar-refractivity contribution in [1.29, 1.82) is 0 Å². The molecule has 3 nitrogen and oxygen atoms in total. The number of rotatable bonds is 3. The lowest BCUT2D eigenvalue weighted by atomic mass is 9.86. The second-order valence-corrected chi connectivity index (χ2v) is 5.46. The maximum absolute atomic E-state index is 9.93. The summed E-state index contributed by atoms with van der Waals surface area (Å²) in [5.74, 6) is 0. The predicted octanol–water partition coefficient (Wildman–Crippen LogP) is 2.41. The first-order valence-electron chi connectivity index (χ1n) is 4.65. The van der Waals surface area contributed by atoms with Crippen LogP contribution in [0.3, 0.4) is 0 Å². The molecule has 0 radical (unpaired) electrons. The summed E-state index contributed by atoms with van der Waals surface area (Å²) in [6.45, 7) is 9.47. The minimum atomic E-state index is -0.785. The predicted molar refractivity (Wildman–Crippen MR) is 60.9 cm³/mol. The lowest BCUT2D eigenvalue weighted by Gasteiger charge is -2.37. The molecule has 0 aliphatic heterocycles. The molecular formula is C10H18N2OS. The molecule has 0 fully saturated rings. The van der Waals surface area contributed by atoms with E-state index in [1.807, 2.05) is 26.2 Å². The van der Waals surface area contributed by atoms with Gasteiger partial charge in [0, 0.05) is 5.38 Å². The third-order valence-electron chi connectivity index (χ3n) is 2.57. The molecule has 0 aliphatic rings. The molecule has 0 bridgehead atoms. The average molecular weight is 214 g/mol. The van der Waals surface area contributed by atoms with Crippen LogP contribution in [0, 0.1) is 6.92 Å². The van der Waals surface area contributed by atoms with Crippen LogP contribution in [0.1, 0.15) is 33.4 Å². The maximum atomic E-state index is 9.93. The summed E-state index contributed by atoms with van der Waals surface area (Å²) in [6.07, 6.45) is 0. The van der Waals surface area contributed by atoms with Gasteiger partial charge in [-0.2, -0.15) is 0 Å². The van der Waals surface area contributed by atoms with Crippen LogP contribution >= 0.6 is 11.3 Å². The van der Waals surface area contributed by atoms with E-state index in [2.05, 4.69) is 10.3 Å². The lowest BCUT2D eigenvalue weighted by molar-refractivity contribution is 0.0240. The van der Waals surface area contributed by atoms with Crippen molar-refractivity contribution in [2.75, 3.05) is 5.32 Å². The molecular weight excluding hydrogens is 196 g/mol. The minimum absolute atomic E-state index is 0.392. The summed E-state index contributed by atoms with van der Waals surface area (Å²) in [5.41, 5.74) is -0.173. The van der Waals surface area contributed by atoms with Gasteiger partial charge in [0.2, 0.25) is 0 Å². The van der Waals surface area contributed by atoms with Gasteiger partial charge in [0.05, 0.1) is 16.8 Å². The fourth-order valence-electron chi connectivity index (χ4n) is 0.832. The first-order chi connectivity index (χ1) is 6.22. The lowest BCUT2D eigenvalue weighted by Crippen LogP contribution is -2.51. The number of hydrogen-bond donors (Lipinski definition) is 2. The zero-order chi connectivity index (χ0) is 11.0. The Hall–Kier alpha value is -0.610. The van der Waals surface area contributed by atoms with Crippen molar-refractivity contribution in [2.24, 2.45) is 0 Å². The Morgan fingerprint density at radius 1 is 1.36 bits per heavy atom. The first-order valence-corrected chi connectivity index (χ1v) is 5.53. The molecule has 1 rings (SSSR count). The van der Waals surface area contributed by atoms with Crippen LogP contribution in [0.2, 0.25) is 0 Å². The topological polar surface area (TPSA) is 45.1 Å². The number of thiazole rings is 1. The molecule has 0 saturated carbocycles. The molecule has 1 heterocycles. The molecule has 0 saturated heterocycles. The zero-order valence-corrected chi connectivity index (χ0v) is 10.2. The van der Waals surface area contributed by atoms with Crippen molar-refractivity contribution in [3.8, 4) is 0 Å². The van der Waals surface area contributed by atoms with E-state index in [1.165, 1.54) is 0 Å². The zero-order valence-electron chi connectivity index (χ0n) is 9.38. The molecule has 14 heavy (non-hydrogen) atoms. The molecule has 0 atom stereocenters. The molecule has 0 spiro atoms. The minimum Gasteiger partial charge on any atom is -0.388 e. The van der Waals surface area contributed by atoms with Crippen LogP contribution in [-0.2, 0) is 0 Å². The second-order valence-electron chi connectivity index (χ2n) is 4.60. The number of aromatic nitrogens is 1. The van der Waals surface area contributed by atoms with Gasteiger partial charge in [0.15, 0.2) is 5.13 Å². The van der Waals surface area contributed by atoms with Crippen LogP contribution in [0.5, 0.6) is 0 Å². The van der Waals surface area contributed by atoms with Crippen molar-refractivity contribution in [3.63, 3.8) is 0 Å². The summed E-state index contributed by atoms with van der Waals surface area (Å²) < 4.78 is 0. The van der Waals surface area contributed by atoms with E-state index in [0.717, 1.165) is 10.8 Å². The Bertz CT molecular complexity index is 312. The highest BCUT2D eigenvalue weighted by molar-refractivity contribution is 7.13. The fraction of sp³-hybridized carbons (Fsp3) is 0.700. The number of nitrogens with one attached hydrogen (secondary N) is 1. The Balaban J connectivity index is 2.78. The van der Waals surface area contributed by atoms with E-state index >= 15 is 0 Å². The van der Waals surface area contributed by atoms with E-state index in [9.17, 15) is 5.11 Å². The van der Waals surface area contributed by atoms with Crippen LogP contribution in [-0.4, -0.2) is 21.2 Å². The standard InChI is InChI=1S/C10H18N2OS/c1-7-6-14-8(11-7)12-9(2,3)10(4,5)13/h6,13H,1-5H3,(H,11,12). The molecule has 0 aromatic carbocycles. The molecule has 2 N–H and O–H groups in total. The molecule has 1 aromatic heterocycles. The number of aliphatic hydroxyl groups is 1. The maximum Gasteiger partial charge on any atom is 0.183 e. The smallest absolute Gasteiger partial charge is 0.183 e. The number of anilines is 1. The summed E-state index contributed by atoms with van der Waals surface area (Å²) in [7, 11) is 0. The molecule has 0 unspecified atom stereocenters. The third kappa shape index (κ3) is 2.45. The van der Waals surface area contributed by atoms with E-state index in [1.54, 1.807) is 25.2 Å². The fourth-order valence-corrected chi connectivity index (χ4v) is 1.68. The molecule has 0 aliphatic carbocycles. The van der Waals surface area contributed by atoms with E-state index < -0.39 is 11.1 Å². The van der Waals surface area contributed by atoms with Gasteiger partial charge in [-0.05, 0) is 34.6 Å². The molecule has 1 aromatic rings. The highest BCUT2D eigenvalue weighted by Gasteiger charge is 2.35. The third-order valence-corrected chi connectivity index (χ3v) is 3.44. The highest BCUT2D eigenvalue weighted by atomic mass is 32.1. The quantitative estimate of drug-likeness (QED) is 0.812. The largest absolute Gasteiger partial charge is 0.388 e. The monoisotopic (exact) mass is 214 g/mol. The SMILES string of the molecule is Cc1csc(NC(C)(C)C(C)(C)O)n1. The molecule has 4 heteroatoms. The number of nitrogens with zero attached hydrogens (tertiary/aromatic N) is 1. The Morgan fingerprint density at radius 3 is 2.29 bits per heavy atom. The van der Waals surface area contributed by atoms with Gasteiger partial charge in [-0.25, -0.2) is 4.98 Å². The van der Waals surface area contributed by atoms with Crippen molar-refractivity contribution < 1.29 is 5.11 Å². The number of aryl methyl sites for hydroxylation is 1. The van der Waals surface area contributed by atoms with Gasteiger partial charge >= 0.3 is 0 Å². The second kappa shape index (κ2) is 3.51. The van der Waals surface area contributed by atoms with E-state index in [-0.39, 0.29) is 0 Å². The van der Waals surface area contributed by atoms with Crippen LogP contribution in [0.15, 0.2) is 5.38 Å². The van der Waals surface area contributed by atoms with E-state index in [0.29, 0.717) is 0 Å². The summed E-state index contributed by atoms with van der Waals surface area (Å²) in [6, 6.07) is 0. The van der Waals surface area contributed by atoms with Crippen molar-refractivity contribution in [3.05, 3.63) is 11.1 Å². The first kappa shape index (κ1) is 11.5. The number of hydrogen-bond acceptors (Lipinski definition) is 4. The van der Waals surface area contributed by atoms with Gasteiger partial charge in [0.1, 0.15) is 0 Å². The Kier molecular flexibility index (Phi) is 2.88. The summed E-state index contributed by atoms with van der Waals surface area (Å²) in [4.78, 5) is 4.31. The van der Waals surface area contributed by atoms with Crippen LogP contribution < -0.4 is 5.32 Å². The summed E-state index contributed by atoms with van der Waals surface area (Å²) in [5, 5.41) is 16.0. The molecule has 80 valence electrons. The van der Waals surface area contributed by atoms with E-state index in [4.69, 9.17) is 0 Å². The van der Waals surface area contributed by atoms with Gasteiger partial charge in [0.25, 0.3) is 0 Å². The van der Waals surface area contributed by atoms with Gasteiger partial charge in [-0.15, -0.1) is 11.3 Å². The Labute approximate surface area is 89.2 Å². The molecule has 0 amide bonds. The van der Waals surface area contributed by atoms with Gasteiger partial charge in [-0.3, -0.25) is 0 Å². The highest BCUT2D eigenvalue weighted by Crippen LogP contribution is 2.27. The Morgan fingerprint density at radius 2 is 1.93 bits per heavy atom. The van der Waals surface area contributed by atoms with Crippen molar-refractivity contribution in [1.82, 2.24) is 4.98 Å². The van der Waals surface area contributed by atoms with Gasteiger partial charge < -0.3 is 10.4 Å². The average Bonchev–Trinajstić information content (AvgIpc) is 2.31. The van der Waals surface area contributed by atoms with Crippen molar-refractivity contribution in [2.45, 2.75) is 45.8 Å². The van der Waals surface area contributed by atoms with Crippen LogP contribution in [0.25, 0.3) is 0 Å².